The third kappa shape index (κ3) is 2.90. The van der Waals surface area contributed by atoms with Crippen LogP contribution in [-0.2, 0) is 4.79 Å². The summed E-state index contributed by atoms with van der Waals surface area (Å²) in [6.45, 7) is 2.94. The lowest BCUT2D eigenvalue weighted by atomic mass is 10.0. The fourth-order valence-electron chi connectivity index (χ4n) is 2.36. The summed E-state index contributed by atoms with van der Waals surface area (Å²) in [6.07, 6.45) is 0. The highest BCUT2D eigenvalue weighted by Gasteiger charge is 2.21. The number of anilines is 1. The standard InChI is InChI=1S/C15H15ClN2O2S/c1-2-17-14(15-10(16)5-6-21-15)9-3-4-12-11(7-9)18-13(19)8-20-12/h3-7,14,17H,2,8H2,1H3,(H,18,19). The van der Waals surface area contributed by atoms with E-state index in [1.165, 1.54) is 0 Å². The number of rotatable bonds is 4. The number of amides is 1. The van der Waals surface area contributed by atoms with Crippen LogP contribution in [0.15, 0.2) is 29.6 Å². The van der Waals surface area contributed by atoms with Gasteiger partial charge < -0.3 is 15.4 Å². The Kier molecular flexibility index (Phi) is 4.14. The maximum Gasteiger partial charge on any atom is 0.262 e. The molecule has 1 atom stereocenters. The first-order valence-corrected chi connectivity index (χ1v) is 7.97. The van der Waals surface area contributed by atoms with Crippen LogP contribution in [0.4, 0.5) is 5.69 Å². The topological polar surface area (TPSA) is 50.4 Å². The summed E-state index contributed by atoms with van der Waals surface area (Å²) in [4.78, 5) is 12.5. The first-order valence-electron chi connectivity index (χ1n) is 6.72. The van der Waals surface area contributed by atoms with E-state index in [1.807, 2.05) is 29.6 Å². The number of fused-ring (bicyclic) bond motifs is 1. The molecular formula is C15H15ClN2O2S. The number of halogens is 1. The molecule has 0 fully saturated rings. The molecule has 1 aliphatic heterocycles. The van der Waals surface area contributed by atoms with E-state index in [4.69, 9.17) is 16.3 Å². The van der Waals surface area contributed by atoms with Gasteiger partial charge in [-0.05, 0) is 35.7 Å². The summed E-state index contributed by atoms with van der Waals surface area (Å²) in [7, 11) is 0. The molecule has 2 aromatic rings. The fourth-order valence-corrected chi connectivity index (χ4v) is 3.63. The summed E-state index contributed by atoms with van der Waals surface area (Å²) in [6, 6.07) is 7.73. The van der Waals surface area contributed by atoms with Gasteiger partial charge in [0.25, 0.3) is 5.91 Å². The second-order valence-corrected chi connectivity index (χ2v) is 6.07. The largest absolute Gasteiger partial charge is 0.482 e. The van der Waals surface area contributed by atoms with Crippen LogP contribution in [0.25, 0.3) is 0 Å². The van der Waals surface area contributed by atoms with Crippen molar-refractivity contribution in [2.75, 3.05) is 18.5 Å². The van der Waals surface area contributed by atoms with E-state index >= 15 is 0 Å². The highest BCUT2D eigenvalue weighted by atomic mass is 35.5. The van der Waals surface area contributed by atoms with E-state index in [2.05, 4.69) is 17.6 Å². The molecule has 1 aromatic heterocycles. The Morgan fingerprint density at radius 3 is 3.05 bits per heavy atom. The highest BCUT2D eigenvalue weighted by Crippen LogP contribution is 2.36. The molecule has 1 amide bonds. The lowest BCUT2D eigenvalue weighted by molar-refractivity contribution is -0.118. The molecule has 1 aliphatic rings. The average Bonchev–Trinajstić information content (AvgIpc) is 2.90. The number of nitrogens with one attached hydrogen (secondary N) is 2. The second-order valence-electron chi connectivity index (χ2n) is 4.72. The van der Waals surface area contributed by atoms with Crippen molar-refractivity contribution in [2.45, 2.75) is 13.0 Å². The summed E-state index contributed by atoms with van der Waals surface area (Å²) in [5.41, 5.74) is 1.75. The minimum atomic E-state index is -0.131. The SMILES string of the molecule is CCNC(c1ccc2c(c1)NC(=O)CO2)c1sccc1Cl. The van der Waals surface area contributed by atoms with Crippen molar-refractivity contribution in [3.63, 3.8) is 0 Å². The molecule has 0 bridgehead atoms. The smallest absolute Gasteiger partial charge is 0.262 e. The number of ether oxygens (including phenoxy) is 1. The first-order chi connectivity index (χ1) is 10.2. The number of benzene rings is 1. The van der Waals surface area contributed by atoms with E-state index in [0.717, 1.165) is 22.0 Å². The van der Waals surface area contributed by atoms with Crippen LogP contribution in [0.3, 0.4) is 0 Å². The molecule has 4 nitrogen and oxygen atoms in total. The minimum Gasteiger partial charge on any atom is -0.482 e. The van der Waals surface area contributed by atoms with Crippen molar-refractivity contribution in [1.82, 2.24) is 5.32 Å². The monoisotopic (exact) mass is 322 g/mol. The van der Waals surface area contributed by atoms with E-state index in [1.54, 1.807) is 11.3 Å². The molecular weight excluding hydrogens is 308 g/mol. The Morgan fingerprint density at radius 2 is 2.33 bits per heavy atom. The van der Waals surface area contributed by atoms with Crippen molar-refractivity contribution < 1.29 is 9.53 Å². The maximum absolute atomic E-state index is 11.4. The molecule has 0 saturated carbocycles. The van der Waals surface area contributed by atoms with Gasteiger partial charge in [0.1, 0.15) is 5.75 Å². The quantitative estimate of drug-likeness (QED) is 0.906. The van der Waals surface area contributed by atoms with Crippen molar-refractivity contribution in [3.05, 3.63) is 45.1 Å². The molecule has 3 rings (SSSR count). The third-order valence-corrected chi connectivity index (χ3v) is 4.71. The van der Waals surface area contributed by atoms with E-state index in [-0.39, 0.29) is 18.6 Å². The Bertz CT molecular complexity index is 671. The second kappa shape index (κ2) is 6.05. The molecule has 1 aromatic carbocycles. The zero-order valence-electron chi connectivity index (χ0n) is 11.5. The molecule has 110 valence electrons. The predicted octanol–water partition coefficient (Wildman–Crippen LogP) is 3.43. The number of thiophene rings is 1. The third-order valence-electron chi connectivity index (χ3n) is 3.29. The number of carbonyl (C=O) groups is 1. The zero-order valence-corrected chi connectivity index (χ0v) is 13.1. The van der Waals surface area contributed by atoms with Gasteiger partial charge in [-0.1, -0.05) is 24.6 Å². The Balaban J connectivity index is 1.98. The van der Waals surface area contributed by atoms with Crippen molar-refractivity contribution in [1.29, 1.82) is 0 Å². The first kappa shape index (κ1) is 14.4. The molecule has 0 radical (unpaired) electrons. The van der Waals surface area contributed by atoms with Crippen molar-refractivity contribution in [2.24, 2.45) is 0 Å². The van der Waals surface area contributed by atoms with Crippen LogP contribution in [-0.4, -0.2) is 19.1 Å². The summed E-state index contributed by atoms with van der Waals surface area (Å²) >= 11 is 7.88. The molecule has 0 saturated heterocycles. The predicted molar refractivity (Wildman–Crippen MR) is 85.4 cm³/mol. The van der Waals surface area contributed by atoms with Crippen LogP contribution < -0.4 is 15.4 Å². The number of hydrogen-bond donors (Lipinski definition) is 2. The number of carbonyl (C=O) groups excluding carboxylic acids is 1. The molecule has 1 unspecified atom stereocenters. The van der Waals surface area contributed by atoms with Crippen LogP contribution in [0.1, 0.15) is 23.4 Å². The van der Waals surface area contributed by atoms with Gasteiger partial charge >= 0.3 is 0 Å². The molecule has 0 aliphatic carbocycles. The number of hydrogen-bond acceptors (Lipinski definition) is 4. The van der Waals surface area contributed by atoms with E-state index < -0.39 is 0 Å². The Labute approximate surface area is 132 Å². The van der Waals surface area contributed by atoms with Gasteiger partial charge in [0.15, 0.2) is 6.61 Å². The normalized spacial score (nSPS) is 15.0. The van der Waals surface area contributed by atoms with E-state index in [9.17, 15) is 4.79 Å². The van der Waals surface area contributed by atoms with Crippen LogP contribution in [0.2, 0.25) is 5.02 Å². The van der Waals surface area contributed by atoms with Crippen LogP contribution in [0.5, 0.6) is 5.75 Å². The lowest BCUT2D eigenvalue weighted by Gasteiger charge is -2.22. The van der Waals surface area contributed by atoms with Gasteiger partial charge in [0, 0.05) is 4.88 Å². The van der Waals surface area contributed by atoms with E-state index in [0.29, 0.717) is 11.4 Å². The van der Waals surface area contributed by atoms with Gasteiger partial charge in [-0.3, -0.25) is 4.79 Å². The van der Waals surface area contributed by atoms with Gasteiger partial charge in [-0.15, -0.1) is 11.3 Å². The Morgan fingerprint density at radius 1 is 1.48 bits per heavy atom. The highest BCUT2D eigenvalue weighted by molar-refractivity contribution is 7.10. The average molecular weight is 323 g/mol. The fraction of sp³-hybridized carbons (Fsp3) is 0.267. The van der Waals surface area contributed by atoms with Gasteiger partial charge in [0.2, 0.25) is 0 Å². The molecule has 21 heavy (non-hydrogen) atoms. The Hall–Kier alpha value is -1.56. The van der Waals surface area contributed by atoms with Gasteiger partial charge in [0.05, 0.1) is 16.8 Å². The van der Waals surface area contributed by atoms with Crippen molar-refractivity contribution in [3.8, 4) is 5.75 Å². The maximum atomic E-state index is 11.4. The van der Waals surface area contributed by atoms with Crippen LogP contribution in [0, 0.1) is 0 Å². The van der Waals surface area contributed by atoms with Gasteiger partial charge in [-0.25, -0.2) is 0 Å². The van der Waals surface area contributed by atoms with Crippen molar-refractivity contribution >= 4 is 34.5 Å². The molecule has 2 N–H and O–H groups in total. The molecule has 2 heterocycles. The van der Waals surface area contributed by atoms with Crippen LogP contribution >= 0.6 is 22.9 Å². The van der Waals surface area contributed by atoms with Gasteiger partial charge in [-0.2, -0.15) is 0 Å². The lowest BCUT2D eigenvalue weighted by Crippen LogP contribution is -2.26. The molecule has 0 spiro atoms. The minimum absolute atomic E-state index is 0.00614. The summed E-state index contributed by atoms with van der Waals surface area (Å²) in [5, 5.41) is 9.00. The summed E-state index contributed by atoms with van der Waals surface area (Å²) in [5.74, 6) is 0.569. The molecule has 6 heteroatoms. The zero-order chi connectivity index (χ0) is 14.8. The summed E-state index contributed by atoms with van der Waals surface area (Å²) < 4.78 is 5.39.